The summed E-state index contributed by atoms with van der Waals surface area (Å²) in [5.74, 6) is 2.85. The Morgan fingerprint density at radius 3 is 2.86 bits per heavy atom. The Balaban J connectivity index is 0.00000220. The van der Waals surface area contributed by atoms with Crippen LogP contribution in [0.5, 0.6) is 0 Å². The minimum atomic E-state index is 0. The molecule has 1 aromatic rings. The summed E-state index contributed by atoms with van der Waals surface area (Å²) in [6.07, 6.45) is 5.60. The summed E-state index contributed by atoms with van der Waals surface area (Å²) in [4.78, 5) is 16.3. The van der Waals surface area contributed by atoms with Gasteiger partial charge in [0, 0.05) is 19.4 Å². The van der Waals surface area contributed by atoms with Gasteiger partial charge >= 0.3 is 0 Å². The Bertz CT molecular complexity index is 448. The third-order valence-electron chi connectivity index (χ3n) is 3.49. The molecule has 0 radical (unpaired) electrons. The van der Waals surface area contributed by atoms with Gasteiger partial charge in [-0.2, -0.15) is 21.8 Å². The van der Waals surface area contributed by atoms with E-state index in [1.54, 1.807) is 16.4 Å². The topological polar surface area (TPSA) is 71.8 Å². The van der Waals surface area contributed by atoms with Crippen LogP contribution in [0.15, 0.2) is 0 Å². The third-order valence-corrected chi connectivity index (χ3v) is 4.18. The minimum absolute atomic E-state index is 0. The predicted molar refractivity (Wildman–Crippen MR) is 89.3 cm³/mol. The molecule has 0 spiro atoms. The lowest BCUT2D eigenvalue weighted by atomic mass is 9.98. The molecule has 0 aromatic carbocycles. The number of rotatable bonds is 6. The zero-order valence-corrected chi connectivity index (χ0v) is 14.2. The van der Waals surface area contributed by atoms with Crippen LogP contribution in [-0.2, 0) is 11.8 Å². The van der Waals surface area contributed by atoms with Crippen LogP contribution >= 0.6 is 24.2 Å². The molecule has 2 rings (SSSR count). The van der Waals surface area contributed by atoms with E-state index < -0.39 is 0 Å². The molecule has 1 aliphatic heterocycles. The van der Waals surface area contributed by atoms with Crippen LogP contribution in [0.3, 0.4) is 0 Å². The van der Waals surface area contributed by atoms with Crippen LogP contribution in [-0.4, -0.2) is 45.8 Å². The maximum absolute atomic E-state index is 11.8. The standard InChI is InChI=1S/C13H23N5OS.ClH/c1-18-13(15-11(19)4-3-9-20-2)16-12(17-18)10-5-7-14-8-6-10;/h10,14H,3-9H2,1-2H3,(H,15,16,17,19);1H. The van der Waals surface area contributed by atoms with Crippen LogP contribution in [0.25, 0.3) is 0 Å². The van der Waals surface area contributed by atoms with Crippen molar-refractivity contribution in [1.29, 1.82) is 0 Å². The number of aromatic nitrogens is 3. The number of hydrogen-bond acceptors (Lipinski definition) is 5. The number of anilines is 1. The number of nitrogens with zero attached hydrogens (tertiary/aromatic N) is 3. The Hall–Kier alpha value is -0.790. The molecule has 1 amide bonds. The second-order valence-corrected chi connectivity index (χ2v) is 6.07. The summed E-state index contributed by atoms with van der Waals surface area (Å²) in [5.41, 5.74) is 0. The van der Waals surface area contributed by atoms with E-state index in [2.05, 4.69) is 20.7 Å². The predicted octanol–water partition coefficient (Wildman–Crippen LogP) is 1.79. The molecule has 0 bridgehead atoms. The lowest BCUT2D eigenvalue weighted by Crippen LogP contribution is -2.27. The number of aryl methyl sites for hydroxylation is 1. The Labute approximate surface area is 136 Å². The van der Waals surface area contributed by atoms with Crippen molar-refractivity contribution in [3.8, 4) is 0 Å². The van der Waals surface area contributed by atoms with Gasteiger partial charge in [0.25, 0.3) is 0 Å². The maximum Gasteiger partial charge on any atom is 0.227 e. The van der Waals surface area contributed by atoms with Gasteiger partial charge in [-0.25, -0.2) is 4.68 Å². The summed E-state index contributed by atoms with van der Waals surface area (Å²) in [6.45, 7) is 2.03. The van der Waals surface area contributed by atoms with Gasteiger partial charge < -0.3 is 5.32 Å². The minimum Gasteiger partial charge on any atom is -0.317 e. The van der Waals surface area contributed by atoms with Crippen LogP contribution in [0, 0.1) is 0 Å². The number of carbonyl (C=O) groups is 1. The first-order valence-electron chi connectivity index (χ1n) is 7.11. The largest absolute Gasteiger partial charge is 0.317 e. The van der Waals surface area contributed by atoms with Crippen molar-refractivity contribution in [3.63, 3.8) is 0 Å². The van der Waals surface area contributed by atoms with E-state index in [0.29, 0.717) is 18.3 Å². The molecule has 6 nitrogen and oxygen atoms in total. The summed E-state index contributed by atoms with van der Waals surface area (Å²) in [7, 11) is 1.83. The van der Waals surface area contributed by atoms with Crippen molar-refractivity contribution in [2.75, 3.05) is 30.4 Å². The molecule has 8 heteroatoms. The number of hydrogen-bond donors (Lipinski definition) is 2. The first-order chi connectivity index (χ1) is 9.70. The fourth-order valence-electron chi connectivity index (χ4n) is 2.33. The fourth-order valence-corrected chi connectivity index (χ4v) is 2.76. The molecule has 2 heterocycles. The van der Waals surface area contributed by atoms with Gasteiger partial charge in [-0.05, 0) is 44.4 Å². The monoisotopic (exact) mass is 333 g/mol. The van der Waals surface area contributed by atoms with Gasteiger partial charge in [0.2, 0.25) is 11.9 Å². The zero-order valence-electron chi connectivity index (χ0n) is 12.6. The first kappa shape index (κ1) is 18.3. The Morgan fingerprint density at radius 1 is 1.48 bits per heavy atom. The highest BCUT2D eigenvalue weighted by Gasteiger charge is 2.21. The van der Waals surface area contributed by atoms with Gasteiger partial charge in [-0.15, -0.1) is 12.4 Å². The number of thioether (sulfide) groups is 1. The average molecular weight is 334 g/mol. The van der Waals surface area contributed by atoms with E-state index >= 15 is 0 Å². The van der Waals surface area contributed by atoms with Gasteiger partial charge in [-0.3, -0.25) is 10.1 Å². The highest BCUT2D eigenvalue weighted by atomic mass is 35.5. The molecule has 21 heavy (non-hydrogen) atoms. The highest BCUT2D eigenvalue weighted by Crippen LogP contribution is 2.23. The van der Waals surface area contributed by atoms with Crippen molar-refractivity contribution < 1.29 is 4.79 Å². The van der Waals surface area contributed by atoms with Crippen LogP contribution in [0.2, 0.25) is 0 Å². The normalized spacial score (nSPS) is 15.5. The number of nitrogens with one attached hydrogen (secondary N) is 2. The lowest BCUT2D eigenvalue weighted by molar-refractivity contribution is -0.116. The zero-order chi connectivity index (χ0) is 14.4. The van der Waals surface area contributed by atoms with E-state index in [-0.39, 0.29) is 18.3 Å². The SMILES string of the molecule is CSCCCC(=O)Nc1nc(C2CCNCC2)nn1C.Cl. The van der Waals surface area contributed by atoms with Crippen LogP contribution < -0.4 is 10.6 Å². The van der Waals surface area contributed by atoms with Crippen molar-refractivity contribution in [1.82, 2.24) is 20.1 Å². The molecule has 2 N–H and O–H groups in total. The molecule has 0 atom stereocenters. The van der Waals surface area contributed by atoms with Crippen LogP contribution in [0.4, 0.5) is 5.95 Å². The summed E-state index contributed by atoms with van der Waals surface area (Å²) >= 11 is 1.76. The Kier molecular flexibility index (Phi) is 8.06. The van der Waals surface area contributed by atoms with E-state index in [1.165, 1.54) is 0 Å². The van der Waals surface area contributed by atoms with E-state index in [9.17, 15) is 4.79 Å². The lowest BCUT2D eigenvalue weighted by Gasteiger charge is -2.19. The molecule has 1 fully saturated rings. The number of carbonyl (C=O) groups excluding carboxylic acids is 1. The quantitative estimate of drug-likeness (QED) is 0.776. The number of piperidine rings is 1. The summed E-state index contributed by atoms with van der Waals surface area (Å²) < 4.78 is 1.67. The molecule has 1 aromatic heterocycles. The molecular formula is C13H24ClN5OS. The van der Waals surface area contributed by atoms with E-state index in [0.717, 1.165) is 43.9 Å². The smallest absolute Gasteiger partial charge is 0.227 e. The van der Waals surface area contributed by atoms with Gasteiger partial charge in [-0.1, -0.05) is 0 Å². The van der Waals surface area contributed by atoms with Crippen LogP contribution in [0.1, 0.15) is 37.4 Å². The molecule has 1 aliphatic rings. The van der Waals surface area contributed by atoms with Crippen molar-refractivity contribution in [3.05, 3.63) is 5.82 Å². The van der Waals surface area contributed by atoms with Crippen molar-refractivity contribution in [2.45, 2.75) is 31.6 Å². The average Bonchev–Trinajstić information content (AvgIpc) is 2.81. The first-order valence-corrected chi connectivity index (χ1v) is 8.50. The van der Waals surface area contributed by atoms with Crippen molar-refractivity contribution >= 4 is 36.0 Å². The highest BCUT2D eigenvalue weighted by molar-refractivity contribution is 7.98. The van der Waals surface area contributed by atoms with Gasteiger partial charge in [0.1, 0.15) is 0 Å². The molecule has 0 aliphatic carbocycles. The maximum atomic E-state index is 11.8. The second-order valence-electron chi connectivity index (χ2n) is 5.09. The molecule has 0 saturated carbocycles. The van der Waals surface area contributed by atoms with Gasteiger partial charge in [0.15, 0.2) is 5.82 Å². The van der Waals surface area contributed by atoms with E-state index in [4.69, 9.17) is 0 Å². The molecule has 1 saturated heterocycles. The van der Waals surface area contributed by atoms with Gasteiger partial charge in [0.05, 0.1) is 0 Å². The fraction of sp³-hybridized carbons (Fsp3) is 0.769. The second kappa shape index (κ2) is 9.27. The molecular weight excluding hydrogens is 310 g/mol. The number of amides is 1. The number of halogens is 1. The third kappa shape index (κ3) is 5.48. The van der Waals surface area contributed by atoms with E-state index in [1.807, 2.05) is 13.3 Å². The van der Waals surface area contributed by atoms with Crippen molar-refractivity contribution in [2.24, 2.45) is 7.05 Å². The summed E-state index contributed by atoms with van der Waals surface area (Å²) in [5, 5.41) is 10.6. The molecule has 120 valence electrons. The Morgan fingerprint density at radius 2 is 2.19 bits per heavy atom. The summed E-state index contributed by atoms with van der Waals surface area (Å²) in [6, 6.07) is 0. The molecule has 0 unspecified atom stereocenters.